The Morgan fingerprint density at radius 3 is 2.93 bits per heavy atom. The molecule has 4 rings (SSSR count). The molecule has 1 aliphatic carbocycles. The molecule has 0 saturated carbocycles. The van der Waals surface area contributed by atoms with E-state index in [2.05, 4.69) is 27.7 Å². The molecule has 0 spiro atoms. The fourth-order valence-electron chi connectivity index (χ4n) is 4.14. The van der Waals surface area contributed by atoms with E-state index >= 15 is 0 Å². The second kappa shape index (κ2) is 8.12. The molecule has 1 saturated heterocycles. The van der Waals surface area contributed by atoms with Crippen molar-refractivity contribution in [2.24, 2.45) is 0 Å². The first-order chi connectivity index (χ1) is 13.2. The van der Waals surface area contributed by atoms with Gasteiger partial charge in [-0.05, 0) is 62.1 Å². The molecule has 2 aliphatic rings. The Bertz CT molecular complexity index is 829. The van der Waals surface area contributed by atoms with Crippen LogP contribution in [0.3, 0.4) is 0 Å². The monoisotopic (exact) mass is 404 g/mol. The Hall–Kier alpha value is -1.70. The predicted molar refractivity (Wildman–Crippen MR) is 109 cm³/mol. The highest BCUT2D eigenvalue weighted by molar-refractivity contribution is 7.17. The summed E-state index contributed by atoms with van der Waals surface area (Å²) in [6.45, 7) is 1.28. The lowest BCUT2D eigenvalue weighted by Crippen LogP contribution is -2.32. The van der Waals surface area contributed by atoms with Crippen LogP contribution in [0.2, 0.25) is 0 Å². The van der Waals surface area contributed by atoms with E-state index < -0.39 is 0 Å². The Morgan fingerprint density at radius 2 is 2.15 bits per heavy atom. The molecule has 7 heteroatoms. The smallest absolute Gasteiger partial charge is 0.341 e. The van der Waals surface area contributed by atoms with E-state index in [-0.39, 0.29) is 11.9 Å². The van der Waals surface area contributed by atoms with Crippen LogP contribution in [0, 0.1) is 0 Å². The Balaban J connectivity index is 1.50. The van der Waals surface area contributed by atoms with E-state index in [1.165, 1.54) is 16.9 Å². The zero-order chi connectivity index (χ0) is 18.8. The quantitative estimate of drug-likeness (QED) is 0.757. The van der Waals surface area contributed by atoms with E-state index in [9.17, 15) is 9.59 Å². The first-order valence-electron chi connectivity index (χ1n) is 9.47. The SMILES string of the molecule is COC(=O)c1c(NC(=O)CN2CCC[C@H]2c2cccs2)sc2c1CCCC2. The highest BCUT2D eigenvalue weighted by atomic mass is 32.1. The maximum Gasteiger partial charge on any atom is 0.341 e. The molecule has 5 nitrogen and oxygen atoms in total. The van der Waals surface area contributed by atoms with Crippen LogP contribution in [-0.2, 0) is 22.4 Å². The number of carbonyl (C=O) groups is 2. The van der Waals surface area contributed by atoms with Gasteiger partial charge in [-0.15, -0.1) is 22.7 Å². The Morgan fingerprint density at radius 1 is 1.30 bits per heavy atom. The van der Waals surface area contributed by atoms with Gasteiger partial charge in [-0.1, -0.05) is 6.07 Å². The third-order valence-electron chi connectivity index (χ3n) is 5.40. The fourth-order valence-corrected chi connectivity index (χ4v) is 6.33. The van der Waals surface area contributed by atoms with E-state index in [4.69, 9.17) is 4.74 Å². The minimum Gasteiger partial charge on any atom is -0.465 e. The summed E-state index contributed by atoms with van der Waals surface area (Å²) in [5, 5.41) is 5.76. The molecule has 1 fully saturated rings. The van der Waals surface area contributed by atoms with Crippen molar-refractivity contribution >= 4 is 39.6 Å². The normalized spacial score (nSPS) is 19.7. The summed E-state index contributed by atoms with van der Waals surface area (Å²) in [7, 11) is 1.40. The first-order valence-corrected chi connectivity index (χ1v) is 11.2. The van der Waals surface area contributed by atoms with Gasteiger partial charge in [0, 0.05) is 15.8 Å². The first kappa shape index (κ1) is 18.7. The molecular weight excluding hydrogens is 380 g/mol. The molecule has 2 aromatic rings. The van der Waals surface area contributed by atoms with Crippen LogP contribution in [0.15, 0.2) is 17.5 Å². The van der Waals surface area contributed by atoms with Gasteiger partial charge in [-0.2, -0.15) is 0 Å². The van der Waals surface area contributed by atoms with Crippen LogP contribution in [-0.4, -0.2) is 37.0 Å². The van der Waals surface area contributed by atoms with Crippen molar-refractivity contribution in [2.45, 2.75) is 44.6 Å². The highest BCUT2D eigenvalue weighted by Gasteiger charge is 2.30. The van der Waals surface area contributed by atoms with Crippen LogP contribution in [0.1, 0.15) is 57.4 Å². The number of aryl methyl sites for hydroxylation is 1. The van der Waals surface area contributed by atoms with Crippen LogP contribution in [0.25, 0.3) is 0 Å². The molecular formula is C20H24N2O3S2. The molecule has 27 heavy (non-hydrogen) atoms. The minimum absolute atomic E-state index is 0.0535. The summed E-state index contributed by atoms with van der Waals surface area (Å²) in [4.78, 5) is 29.9. The van der Waals surface area contributed by atoms with Gasteiger partial charge in [0.1, 0.15) is 5.00 Å². The molecule has 2 aromatic heterocycles. The van der Waals surface area contributed by atoms with Crippen molar-refractivity contribution in [3.8, 4) is 0 Å². The number of nitrogens with one attached hydrogen (secondary N) is 1. The number of likely N-dealkylation sites (tertiary alicyclic amines) is 1. The van der Waals surface area contributed by atoms with Crippen molar-refractivity contribution in [2.75, 3.05) is 25.5 Å². The number of esters is 1. The zero-order valence-corrected chi connectivity index (χ0v) is 17.1. The average Bonchev–Trinajstić information content (AvgIpc) is 3.40. The number of nitrogens with zero attached hydrogens (tertiary/aromatic N) is 1. The van der Waals surface area contributed by atoms with Crippen molar-refractivity contribution in [1.29, 1.82) is 0 Å². The minimum atomic E-state index is -0.345. The number of amides is 1. The molecule has 3 heterocycles. The topological polar surface area (TPSA) is 58.6 Å². The lowest BCUT2D eigenvalue weighted by atomic mass is 9.95. The lowest BCUT2D eigenvalue weighted by molar-refractivity contribution is -0.117. The van der Waals surface area contributed by atoms with Crippen molar-refractivity contribution < 1.29 is 14.3 Å². The maximum absolute atomic E-state index is 12.8. The molecule has 1 amide bonds. The zero-order valence-electron chi connectivity index (χ0n) is 15.5. The van der Waals surface area contributed by atoms with Crippen molar-refractivity contribution in [3.05, 3.63) is 38.4 Å². The van der Waals surface area contributed by atoms with E-state index in [0.29, 0.717) is 23.2 Å². The number of methoxy groups -OCH3 is 1. The maximum atomic E-state index is 12.8. The lowest BCUT2D eigenvalue weighted by Gasteiger charge is -2.22. The van der Waals surface area contributed by atoms with Crippen LogP contribution in [0.5, 0.6) is 0 Å². The summed E-state index contributed by atoms with van der Waals surface area (Å²) in [5.74, 6) is -0.399. The van der Waals surface area contributed by atoms with Gasteiger partial charge in [0.05, 0.1) is 19.2 Å². The van der Waals surface area contributed by atoms with Crippen molar-refractivity contribution in [1.82, 2.24) is 4.90 Å². The second-order valence-corrected chi connectivity index (χ2v) is 9.18. The van der Waals surface area contributed by atoms with Gasteiger partial charge in [0.2, 0.25) is 5.91 Å². The Kier molecular flexibility index (Phi) is 5.61. The molecule has 0 bridgehead atoms. The number of anilines is 1. The van der Waals surface area contributed by atoms with Crippen molar-refractivity contribution in [3.63, 3.8) is 0 Å². The molecule has 0 aromatic carbocycles. The van der Waals surface area contributed by atoms with Crippen LogP contribution >= 0.6 is 22.7 Å². The molecule has 1 aliphatic heterocycles. The summed E-state index contributed by atoms with van der Waals surface area (Å²) < 4.78 is 4.99. The van der Waals surface area contributed by atoms with Crippen LogP contribution < -0.4 is 5.32 Å². The molecule has 1 N–H and O–H groups in total. The molecule has 1 atom stereocenters. The summed E-state index contributed by atoms with van der Waals surface area (Å²) >= 11 is 3.29. The van der Waals surface area contributed by atoms with E-state index in [1.807, 2.05) is 0 Å². The number of fused-ring (bicyclic) bond motifs is 1. The summed E-state index contributed by atoms with van der Waals surface area (Å²) in [5.41, 5.74) is 1.65. The van der Waals surface area contributed by atoms with Gasteiger partial charge >= 0.3 is 5.97 Å². The van der Waals surface area contributed by atoms with E-state index in [0.717, 1.165) is 50.6 Å². The van der Waals surface area contributed by atoms with Gasteiger partial charge < -0.3 is 10.1 Å². The highest BCUT2D eigenvalue weighted by Crippen LogP contribution is 2.39. The average molecular weight is 405 g/mol. The second-order valence-electron chi connectivity index (χ2n) is 7.10. The van der Waals surface area contributed by atoms with Crippen LogP contribution in [0.4, 0.5) is 5.00 Å². The number of hydrogen-bond acceptors (Lipinski definition) is 6. The van der Waals surface area contributed by atoms with Gasteiger partial charge in [0.25, 0.3) is 0 Å². The number of hydrogen-bond donors (Lipinski definition) is 1. The van der Waals surface area contributed by atoms with E-state index in [1.54, 1.807) is 22.7 Å². The predicted octanol–water partition coefficient (Wildman–Crippen LogP) is 4.25. The molecule has 0 radical (unpaired) electrons. The van der Waals surface area contributed by atoms with Gasteiger partial charge in [-0.3, -0.25) is 9.69 Å². The fraction of sp³-hybridized carbons (Fsp3) is 0.500. The standard InChI is InChI=1S/C20H24N2O3S2/c1-25-20(24)18-13-6-2-3-8-15(13)27-19(18)21-17(23)12-22-10-4-7-14(22)16-9-5-11-26-16/h5,9,11,14H,2-4,6-8,10,12H2,1H3,(H,21,23)/t14-/m0/s1. The molecule has 0 unspecified atom stereocenters. The molecule has 144 valence electrons. The summed E-state index contributed by atoms with van der Waals surface area (Å²) in [6.07, 6.45) is 6.28. The third kappa shape index (κ3) is 3.81. The van der Waals surface area contributed by atoms with Gasteiger partial charge in [0.15, 0.2) is 0 Å². The number of rotatable bonds is 5. The third-order valence-corrected chi connectivity index (χ3v) is 7.58. The number of carbonyl (C=O) groups excluding carboxylic acids is 2. The number of thiophene rings is 2. The number of ether oxygens (including phenoxy) is 1. The Labute approximate surface area is 167 Å². The van der Waals surface area contributed by atoms with Gasteiger partial charge in [-0.25, -0.2) is 4.79 Å². The largest absolute Gasteiger partial charge is 0.465 e. The summed E-state index contributed by atoms with van der Waals surface area (Å²) in [6, 6.07) is 4.54.